The molecule has 4 nitrogen and oxygen atoms in total. The topological polar surface area (TPSA) is 40.5 Å². The van der Waals surface area contributed by atoms with Gasteiger partial charge in [0.15, 0.2) is 0 Å². The molecule has 0 atom stereocenters. The van der Waals surface area contributed by atoms with Crippen LogP contribution in [0.2, 0.25) is 5.02 Å². The number of rotatable bonds is 6. The van der Waals surface area contributed by atoms with Crippen LogP contribution in [0.15, 0.2) is 66.7 Å². The smallest absolute Gasteiger partial charge is 0.338 e. The van der Waals surface area contributed by atoms with E-state index >= 15 is 0 Å². The van der Waals surface area contributed by atoms with Gasteiger partial charge in [-0.25, -0.2) is 13.6 Å². The van der Waals surface area contributed by atoms with Crippen LogP contribution in [-0.2, 0) is 11.3 Å². The van der Waals surface area contributed by atoms with E-state index in [1.54, 1.807) is 24.3 Å². The fourth-order valence-electron chi connectivity index (χ4n) is 3.81. The molecule has 0 fully saturated rings. The summed E-state index contributed by atoms with van der Waals surface area (Å²) < 4.78 is 40.5. The summed E-state index contributed by atoms with van der Waals surface area (Å²) in [5, 5.41) is 0.490. The van der Waals surface area contributed by atoms with E-state index in [2.05, 4.69) is 0 Å². The number of carbonyl (C=O) groups is 1. The number of aromatic nitrogens is 1. The normalized spacial score (nSPS) is 10.9. The number of methoxy groups -OCH3 is 1. The van der Waals surface area contributed by atoms with Gasteiger partial charge in [-0.2, -0.15) is 0 Å². The molecular weight excluding hydrogens is 460 g/mol. The second kappa shape index (κ2) is 9.69. The highest BCUT2D eigenvalue weighted by molar-refractivity contribution is 6.31. The van der Waals surface area contributed by atoms with E-state index in [-0.39, 0.29) is 12.2 Å². The van der Waals surface area contributed by atoms with E-state index < -0.39 is 17.6 Å². The Morgan fingerprint density at radius 2 is 1.76 bits per heavy atom. The number of carbonyl (C=O) groups excluding carboxylic acids is 1. The molecule has 1 heterocycles. The van der Waals surface area contributed by atoms with Crippen LogP contribution < -0.4 is 4.74 Å². The lowest BCUT2D eigenvalue weighted by atomic mass is 10.1. The van der Waals surface area contributed by atoms with Crippen LogP contribution in [0.3, 0.4) is 0 Å². The molecule has 3 aromatic carbocycles. The predicted molar refractivity (Wildman–Crippen MR) is 128 cm³/mol. The number of esters is 1. The average Bonchev–Trinajstić information content (AvgIpc) is 3.21. The summed E-state index contributed by atoms with van der Waals surface area (Å²) in [5.41, 5.74) is 4.46. The Morgan fingerprint density at radius 1 is 0.971 bits per heavy atom. The van der Waals surface area contributed by atoms with Crippen molar-refractivity contribution in [2.24, 2.45) is 0 Å². The Kier molecular flexibility index (Phi) is 6.70. The number of hydrogen-bond acceptors (Lipinski definition) is 3. The molecule has 0 aliphatic heterocycles. The molecule has 0 N–H and O–H groups in total. The fourth-order valence-corrected chi connectivity index (χ4v) is 3.98. The lowest BCUT2D eigenvalue weighted by Gasteiger charge is -2.17. The van der Waals surface area contributed by atoms with Gasteiger partial charge in [0.25, 0.3) is 0 Å². The van der Waals surface area contributed by atoms with Crippen LogP contribution in [0.4, 0.5) is 8.78 Å². The largest absolute Gasteiger partial charge is 0.488 e. The molecule has 0 aliphatic rings. The van der Waals surface area contributed by atoms with Crippen LogP contribution in [0.1, 0.15) is 27.2 Å². The van der Waals surface area contributed by atoms with Crippen LogP contribution in [-0.4, -0.2) is 17.6 Å². The molecule has 0 unspecified atom stereocenters. The molecule has 34 heavy (non-hydrogen) atoms. The number of halogens is 3. The van der Waals surface area contributed by atoms with E-state index in [1.807, 2.05) is 42.7 Å². The lowest BCUT2D eigenvalue weighted by molar-refractivity contribution is 0.0600. The summed E-state index contributed by atoms with van der Waals surface area (Å²) in [7, 11) is 1.35. The van der Waals surface area contributed by atoms with Crippen molar-refractivity contribution in [3.8, 4) is 22.7 Å². The highest BCUT2D eigenvalue weighted by Crippen LogP contribution is 2.36. The minimum absolute atomic E-state index is 0.105. The Morgan fingerprint density at radius 3 is 2.53 bits per heavy atom. The van der Waals surface area contributed by atoms with Gasteiger partial charge in [-0.1, -0.05) is 17.7 Å². The quantitative estimate of drug-likeness (QED) is 0.277. The van der Waals surface area contributed by atoms with E-state index in [0.29, 0.717) is 21.9 Å². The molecule has 0 bridgehead atoms. The zero-order chi connectivity index (χ0) is 24.4. The maximum absolute atomic E-state index is 14.1. The Balaban J connectivity index is 1.78. The second-order valence-electron chi connectivity index (χ2n) is 7.85. The Labute approximate surface area is 201 Å². The average molecular weight is 482 g/mol. The summed E-state index contributed by atoms with van der Waals surface area (Å²) in [6.07, 6.45) is 0. The third-order valence-electron chi connectivity index (χ3n) is 5.57. The van der Waals surface area contributed by atoms with Gasteiger partial charge in [0.05, 0.1) is 18.4 Å². The van der Waals surface area contributed by atoms with Crippen molar-refractivity contribution in [1.82, 2.24) is 4.57 Å². The van der Waals surface area contributed by atoms with Crippen molar-refractivity contribution in [2.75, 3.05) is 7.11 Å². The van der Waals surface area contributed by atoms with Gasteiger partial charge in [-0.05, 0) is 80.1 Å². The lowest BCUT2D eigenvalue weighted by Crippen LogP contribution is -2.07. The summed E-state index contributed by atoms with van der Waals surface area (Å²) in [4.78, 5) is 12.2. The highest BCUT2D eigenvalue weighted by Gasteiger charge is 2.18. The third-order valence-corrected chi connectivity index (χ3v) is 5.80. The zero-order valence-electron chi connectivity index (χ0n) is 18.9. The molecule has 0 amide bonds. The number of aryl methyl sites for hydroxylation is 2. The first-order valence-corrected chi connectivity index (χ1v) is 10.9. The van der Waals surface area contributed by atoms with Gasteiger partial charge < -0.3 is 14.0 Å². The summed E-state index contributed by atoms with van der Waals surface area (Å²) >= 11 is 6.31. The molecule has 0 spiro atoms. The van der Waals surface area contributed by atoms with Crippen molar-refractivity contribution in [1.29, 1.82) is 0 Å². The highest BCUT2D eigenvalue weighted by atomic mass is 35.5. The second-order valence-corrected chi connectivity index (χ2v) is 8.29. The van der Waals surface area contributed by atoms with Gasteiger partial charge in [-0.3, -0.25) is 0 Å². The summed E-state index contributed by atoms with van der Waals surface area (Å²) in [6.45, 7) is 3.62. The van der Waals surface area contributed by atoms with Crippen molar-refractivity contribution < 1.29 is 23.0 Å². The maximum atomic E-state index is 14.1. The molecule has 0 radical (unpaired) electrons. The van der Waals surface area contributed by atoms with Gasteiger partial charge in [0.1, 0.15) is 24.0 Å². The molecule has 0 saturated carbocycles. The standard InChI is InChI=1S/C27H22ClF2NO3/c1-16-4-8-21(14-22(16)27(32)33-3)31-17(2)5-10-25(31)23-13-19(28)6-11-26(23)34-15-18-12-20(29)7-9-24(18)30/h4-14H,15H2,1-3H3. The molecular formula is C27H22ClF2NO3. The SMILES string of the molecule is COC(=O)c1cc(-n2c(C)ccc2-c2cc(Cl)ccc2OCc2cc(F)ccc2F)ccc1C. The Bertz CT molecular complexity index is 1380. The Hall–Kier alpha value is -3.64. The van der Waals surface area contributed by atoms with Crippen molar-refractivity contribution in [2.45, 2.75) is 20.5 Å². The van der Waals surface area contributed by atoms with Gasteiger partial charge in [0.2, 0.25) is 0 Å². The summed E-state index contributed by atoms with van der Waals surface area (Å²) in [5.74, 6) is -1.06. The van der Waals surface area contributed by atoms with E-state index in [0.717, 1.165) is 40.8 Å². The van der Waals surface area contributed by atoms with Crippen molar-refractivity contribution >= 4 is 17.6 Å². The molecule has 1 aromatic heterocycles. The molecule has 174 valence electrons. The van der Waals surface area contributed by atoms with Gasteiger partial charge >= 0.3 is 5.97 Å². The minimum Gasteiger partial charge on any atom is -0.488 e. The van der Waals surface area contributed by atoms with Crippen molar-refractivity contribution in [3.05, 3.63) is 106 Å². The van der Waals surface area contributed by atoms with E-state index in [9.17, 15) is 13.6 Å². The number of nitrogens with zero attached hydrogens (tertiary/aromatic N) is 1. The fraction of sp³-hybridized carbons (Fsp3) is 0.148. The van der Waals surface area contributed by atoms with Crippen LogP contribution >= 0.6 is 11.6 Å². The van der Waals surface area contributed by atoms with Gasteiger partial charge in [-0.15, -0.1) is 0 Å². The minimum atomic E-state index is -0.550. The van der Waals surface area contributed by atoms with E-state index in [4.69, 9.17) is 21.1 Å². The predicted octanol–water partition coefficient (Wildman–Crippen LogP) is 7.06. The molecule has 0 saturated heterocycles. The number of ether oxygens (including phenoxy) is 2. The molecule has 4 rings (SSSR count). The maximum Gasteiger partial charge on any atom is 0.338 e. The first-order valence-electron chi connectivity index (χ1n) is 10.5. The molecule has 7 heteroatoms. The molecule has 4 aromatic rings. The van der Waals surface area contributed by atoms with Crippen LogP contribution in [0.5, 0.6) is 5.75 Å². The van der Waals surface area contributed by atoms with Crippen LogP contribution in [0.25, 0.3) is 16.9 Å². The molecule has 0 aliphatic carbocycles. The van der Waals surface area contributed by atoms with Crippen LogP contribution in [0, 0.1) is 25.5 Å². The first kappa shape index (κ1) is 23.5. The summed E-state index contributed by atoms with van der Waals surface area (Å²) in [6, 6.07) is 17.7. The monoisotopic (exact) mass is 481 g/mol. The zero-order valence-corrected chi connectivity index (χ0v) is 19.6. The number of benzene rings is 3. The number of hydrogen-bond donors (Lipinski definition) is 0. The third kappa shape index (κ3) is 4.68. The van der Waals surface area contributed by atoms with Gasteiger partial charge in [0, 0.05) is 27.5 Å². The first-order chi connectivity index (χ1) is 16.3. The van der Waals surface area contributed by atoms with Crippen molar-refractivity contribution in [3.63, 3.8) is 0 Å². The van der Waals surface area contributed by atoms with E-state index in [1.165, 1.54) is 7.11 Å².